The Labute approximate surface area is 162 Å². The van der Waals surface area contributed by atoms with Crippen LogP contribution in [0, 0.1) is 5.41 Å². The number of alkyl halides is 2. The second-order valence-corrected chi connectivity index (χ2v) is 7.68. The molecule has 2 heterocycles. The average Bonchev–Trinajstić information content (AvgIpc) is 2.80. The van der Waals surface area contributed by atoms with Crippen molar-refractivity contribution >= 4 is 63.9 Å². The lowest BCUT2D eigenvalue weighted by molar-refractivity contribution is -0.147. The van der Waals surface area contributed by atoms with E-state index in [1.807, 2.05) is 0 Å². The van der Waals surface area contributed by atoms with Gasteiger partial charge in [0, 0.05) is 13.8 Å². The third kappa shape index (κ3) is 2.93. The van der Waals surface area contributed by atoms with Crippen LogP contribution in [0.25, 0.3) is 11.2 Å². The van der Waals surface area contributed by atoms with Crippen LogP contribution in [0.4, 0.5) is 5.95 Å². The highest BCUT2D eigenvalue weighted by Crippen LogP contribution is 2.72. The van der Waals surface area contributed by atoms with Gasteiger partial charge < -0.3 is 19.8 Å². The highest BCUT2D eigenvalue weighted by atomic mass is 35.5. The molecule has 0 spiro atoms. The van der Waals surface area contributed by atoms with Crippen molar-refractivity contribution in [2.75, 3.05) is 18.9 Å². The van der Waals surface area contributed by atoms with Crippen LogP contribution in [0.15, 0.2) is 6.33 Å². The number of nitrogens with two attached hydrogens (primary N) is 1. The molecule has 0 aromatic carbocycles. The van der Waals surface area contributed by atoms with Gasteiger partial charge in [-0.3, -0.25) is 9.59 Å². The SMILES string of the molecule is CC(=O)OCC1(COC(C)=O)C(n2cnc3c(Cl)nc(N)nc32)C1(Cl)Cl. The van der Waals surface area contributed by atoms with E-state index < -0.39 is 27.7 Å². The van der Waals surface area contributed by atoms with Crippen molar-refractivity contribution in [1.29, 1.82) is 0 Å². The molecule has 2 aromatic rings. The minimum absolute atomic E-state index is 0.0507. The van der Waals surface area contributed by atoms with E-state index in [1.165, 1.54) is 20.2 Å². The number of anilines is 1. The third-order valence-electron chi connectivity index (χ3n) is 4.19. The molecule has 0 amide bonds. The molecule has 12 heteroatoms. The Bertz CT molecular complexity index is 882. The van der Waals surface area contributed by atoms with Gasteiger partial charge in [-0.25, -0.2) is 4.98 Å². The zero-order valence-electron chi connectivity index (χ0n) is 13.7. The summed E-state index contributed by atoms with van der Waals surface area (Å²) in [6, 6.07) is -0.660. The summed E-state index contributed by atoms with van der Waals surface area (Å²) in [4.78, 5) is 34.7. The minimum Gasteiger partial charge on any atom is -0.465 e. The molecule has 1 atom stereocenters. The number of rotatable bonds is 5. The zero-order valence-corrected chi connectivity index (χ0v) is 16.0. The molecule has 1 aliphatic carbocycles. The lowest BCUT2D eigenvalue weighted by atomic mass is 10.1. The molecule has 0 bridgehead atoms. The second-order valence-electron chi connectivity index (χ2n) is 5.94. The van der Waals surface area contributed by atoms with Gasteiger partial charge in [0.1, 0.15) is 18.7 Å². The van der Waals surface area contributed by atoms with Crippen molar-refractivity contribution in [2.45, 2.75) is 24.2 Å². The molecule has 0 saturated heterocycles. The summed E-state index contributed by atoms with van der Waals surface area (Å²) in [5.74, 6) is -1.09. The lowest BCUT2D eigenvalue weighted by Crippen LogP contribution is -2.27. The summed E-state index contributed by atoms with van der Waals surface area (Å²) in [5, 5.41) is 0.0761. The van der Waals surface area contributed by atoms with Crippen molar-refractivity contribution in [2.24, 2.45) is 5.41 Å². The monoisotopic (exact) mass is 421 g/mol. The Morgan fingerprint density at radius 2 is 1.81 bits per heavy atom. The zero-order chi connectivity index (χ0) is 19.3. The Morgan fingerprint density at radius 1 is 1.23 bits per heavy atom. The van der Waals surface area contributed by atoms with Crippen molar-refractivity contribution in [3.05, 3.63) is 11.5 Å². The fourth-order valence-electron chi connectivity index (χ4n) is 2.87. The van der Waals surface area contributed by atoms with Gasteiger partial charge in [0.2, 0.25) is 5.95 Å². The Morgan fingerprint density at radius 3 is 2.35 bits per heavy atom. The number of carbonyl (C=O) groups excluding carboxylic acids is 2. The molecule has 1 unspecified atom stereocenters. The Kier molecular flexibility index (Phi) is 4.66. The number of fused-ring (bicyclic) bond motifs is 1. The Balaban J connectivity index is 2.05. The van der Waals surface area contributed by atoms with E-state index in [1.54, 1.807) is 4.57 Å². The molecule has 26 heavy (non-hydrogen) atoms. The molecule has 1 fully saturated rings. The first-order valence-corrected chi connectivity index (χ1v) is 8.53. The number of hydrogen-bond acceptors (Lipinski definition) is 8. The molecular formula is C14H14Cl3N5O4. The summed E-state index contributed by atoms with van der Waals surface area (Å²) in [6.07, 6.45) is 1.43. The van der Waals surface area contributed by atoms with Gasteiger partial charge in [-0.15, -0.1) is 0 Å². The van der Waals surface area contributed by atoms with E-state index in [0.717, 1.165) is 0 Å². The number of nitrogen functional groups attached to an aromatic ring is 1. The van der Waals surface area contributed by atoms with Gasteiger partial charge in [0.05, 0.1) is 17.8 Å². The molecule has 1 saturated carbocycles. The molecule has 3 rings (SSSR count). The lowest BCUT2D eigenvalue weighted by Gasteiger charge is -2.17. The van der Waals surface area contributed by atoms with Gasteiger partial charge in [0.25, 0.3) is 0 Å². The number of hydrogen-bond donors (Lipinski definition) is 1. The van der Waals surface area contributed by atoms with Crippen LogP contribution in [0.2, 0.25) is 5.15 Å². The maximum absolute atomic E-state index is 11.3. The summed E-state index contributed by atoms with van der Waals surface area (Å²) in [6.45, 7) is 2.17. The van der Waals surface area contributed by atoms with Crippen LogP contribution in [-0.2, 0) is 19.1 Å². The van der Waals surface area contributed by atoms with Crippen LogP contribution in [0.5, 0.6) is 0 Å². The number of aromatic nitrogens is 4. The molecule has 0 radical (unpaired) electrons. The van der Waals surface area contributed by atoms with Gasteiger partial charge in [-0.05, 0) is 0 Å². The number of esters is 2. The smallest absolute Gasteiger partial charge is 0.302 e. The van der Waals surface area contributed by atoms with Crippen molar-refractivity contribution in [1.82, 2.24) is 19.5 Å². The Hall–Kier alpha value is -1.84. The second kappa shape index (κ2) is 6.40. The van der Waals surface area contributed by atoms with E-state index in [-0.39, 0.29) is 24.3 Å². The normalized spacial score (nSPS) is 20.0. The number of ether oxygens (including phenoxy) is 2. The highest BCUT2D eigenvalue weighted by Gasteiger charge is 2.79. The first-order chi connectivity index (χ1) is 12.1. The molecule has 1 aliphatic rings. The molecule has 2 N–H and O–H groups in total. The van der Waals surface area contributed by atoms with E-state index in [9.17, 15) is 9.59 Å². The van der Waals surface area contributed by atoms with Gasteiger partial charge >= 0.3 is 11.9 Å². The first kappa shape index (κ1) is 18.9. The molecular weight excluding hydrogens is 409 g/mol. The average molecular weight is 423 g/mol. The van der Waals surface area contributed by atoms with Gasteiger partial charge in [-0.1, -0.05) is 34.8 Å². The van der Waals surface area contributed by atoms with Crippen molar-refractivity contribution < 1.29 is 19.1 Å². The first-order valence-electron chi connectivity index (χ1n) is 7.40. The molecule has 9 nitrogen and oxygen atoms in total. The minimum atomic E-state index is -1.42. The molecule has 140 valence electrons. The summed E-state index contributed by atoms with van der Waals surface area (Å²) >= 11 is 19.0. The number of nitrogens with zero attached hydrogens (tertiary/aromatic N) is 4. The number of imidazole rings is 1. The van der Waals surface area contributed by atoms with E-state index >= 15 is 0 Å². The van der Waals surface area contributed by atoms with Crippen LogP contribution >= 0.6 is 34.8 Å². The van der Waals surface area contributed by atoms with Crippen LogP contribution in [0.3, 0.4) is 0 Å². The predicted octanol–water partition coefficient (Wildman–Crippen LogP) is 1.90. The summed E-state index contributed by atoms with van der Waals surface area (Å²) in [7, 11) is 0. The topological polar surface area (TPSA) is 122 Å². The van der Waals surface area contributed by atoms with E-state index in [0.29, 0.717) is 11.2 Å². The summed E-state index contributed by atoms with van der Waals surface area (Å²) < 4.78 is 10.4. The number of carbonyl (C=O) groups is 2. The quantitative estimate of drug-likeness (QED) is 0.440. The van der Waals surface area contributed by atoms with Gasteiger partial charge in [0.15, 0.2) is 15.1 Å². The number of halogens is 3. The van der Waals surface area contributed by atoms with Crippen LogP contribution in [0.1, 0.15) is 19.9 Å². The third-order valence-corrected chi connectivity index (χ3v) is 5.62. The fraction of sp³-hybridized carbons (Fsp3) is 0.500. The van der Waals surface area contributed by atoms with E-state index in [2.05, 4.69) is 15.0 Å². The van der Waals surface area contributed by atoms with Crippen molar-refractivity contribution in [3.8, 4) is 0 Å². The predicted molar refractivity (Wildman–Crippen MR) is 93.9 cm³/mol. The standard InChI is InChI=1S/C14H14Cl3N5O4/c1-6(23)25-3-13(4-26-7(2)24)11(14(13,16)17)22-5-19-8-9(15)20-12(18)21-10(8)22/h5,11H,3-4H2,1-2H3,(H2,18,20,21). The largest absolute Gasteiger partial charge is 0.465 e. The maximum atomic E-state index is 11.3. The van der Waals surface area contributed by atoms with E-state index in [4.69, 9.17) is 50.0 Å². The van der Waals surface area contributed by atoms with Crippen LogP contribution in [-0.4, -0.2) is 49.0 Å². The molecule has 0 aliphatic heterocycles. The maximum Gasteiger partial charge on any atom is 0.302 e. The highest BCUT2D eigenvalue weighted by molar-refractivity contribution is 6.52. The summed E-state index contributed by atoms with van der Waals surface area (Å²) in [5.41, 5.74) is 5.18. The van der Waals surface area contributed by atoms with Crippen molar-refractivity contribution in [3.63, 3.8) is 0 Å². The fourth-order valence-corrected chi connectivity index (χ4v) is 4.03. The van der Waals surface area contributed by atoms with Crippen LogP contribution < -0.4 is 5.73 Å². The molecule has 2 aromatic heterocycles. The van der Waals surface area contributed by atoms with Gasteiger partial charge in [-0.2, -0.15) is 9.97 Å².